The van der Waals surface area contributed by atoms with Crippen LogP contribution < -0.4 is 5.32 Å². The number of thiophene rings is 1. The van der Waals surface area contributed by atoms with Crippen LogP contribution in [0.1, 0.15) is 32.7 Å². The number of carbonyl (C=O) groups is 2. The van der Waals surface area contributed by atoms with Crippen LogP contribution in [0.2, 0.25) is 0 Å². The number of carbonyl (C=O) groups excluding carboxylic acids is 2. The summed E-state index contributed by atoms with van der Waals surface area (Å²) in [6.45, 7) is 3.80. The quantitative estimate of drug-likeness (QED) is 0.618. The van der Waals surface area contributed by atoms with Crippen molar-refractivity contribution in [1.29, 1.82) is 0 Å². The summed E-state index contributed by atoms with van der Waals surface area (Å²) < 4.78 is 2.20. The summed E-state index contributed by atoms with van der Waals surface area (Å²) in [6.07, 6.45) is 2.29. The Labute approximate surface area is 153 Å². The number of imide groups is 1. The lowest BCUT2D eigenvalue weighted by Crippen LogP contribution is -2.40. The zero-order valence-electron chi connectivity index (χ0n) is 14.1. The maximum atomic E-state index is 12.2. The molecule has 1 saturated heterocycles. The van der Waals surface area contributed by atoms with Gasteiger partial charge in [-0.2, -0.15) is 0 Å². The Morgan fingerprint density at radius 1 is 1.36 bits per heavy atom. The number of hydrogen-bond donors (Lipinski definition) is 1. The third-order valence-corrected chi connectivity index (χ3v) is 6.10. The first-order valence-corrected chi connectivity index (χ1v) is 10.1. The molecular formula is C16H19N5O2S2. The summed E-state index contributed by atoms with van der Waals surface area (Å²) in [5, 5.41) is 14.3. The molecule has 132 valence electrons. The van der Waals surface area contributed by atoms with Gasteiger partial charge in [0.05, 0.1) is 4.88 Å². The molecule has 0 atom stereocenters. The molecular weight excluding hydrogens is 358 g/mol. The first kappa shape index (κ1) is 16.6. The number of rotatable bonds is 6. The van der Waals surface area contributed by atoms with Crippen molar-refractivity contribution in [2.24, 2.45) is 0 Å². The van der Waals surface area contributed by atoms with Crippen LogP contribution in [0.4, 0.5) is 4.79 Å². The summed E-state index contributed by atoms with van der Waals surface area (Å²) in [4.78, 5) is 26.6. The molecule has 0 aromatic carbocycles. The Bertz CT molecular complexity index is 811. The van der Waals surface area contributed by atoms with Gasteiger partial charge < -0.3 is 5.32 Å². The average Bonchev–Trinajstić information content (AvgIpc) is 3.02. The fourth-order valence-electron chi connectivity index (χ4n) is 2.86. The molecule has 0 bridgehead atoms. The lowest BCUT2D eigenvalue weighted by molar-refractivity contribution is -0.130. The van der Waals surface area contributed by atoms with E-state index in [1.807, 2.05) is 11.4 Å². The van der Waals surface area contributed by atoms with Gasteiger partial charge >= 0.3 is 6.03 Å². The standard InChI is InChI=1S/C16H19N5O2S2/c1-16(2)13(22)20(14(23)17-16)7-9-25-15-19-18-12(11-4-3-8-24-11)21(15)10-5-6-10/h3-4,8,10H,5-7,9H2,1-2H3,(H,17,23). The van der Waals surface area contributed by atoms with Crippen LogP contribution in [-0.2, 0) is 4.79 Å². The minimum atomic E-state index is -0.817. The smallest absolute Gasteiger partial charge is 0.324 e. The molecule has 2 aromatic heterocycles. The summed E-state index contributed by atoms with van der Waals surface area (Å²) in [5.41, 5.74) is -0.817. The monoisotopic (exact) mass is 377 g/mol. The van der Waals surface area contributed by atoms with Gasteiger partial charge in [0.25, 0.3) is 5.91 Å². The van der Waals surface area contributed by atoms with Gasteiger partial charge in [-0.05, 0) is 38.1 Å². The van der Waals surface area contributed by atoms with E-state index in [0.717, 1.165) is 28.7 Å². The Kier molecular flexibility index (Phi) is 4.07. The molecule has 1 saturated carbocycles. The third-order valence-electron chi connectivity index (χ3n) is 4.31. The number of hydrogen-bond acceptors (Lipinski definition) is 6. The molecule has 1 aliphatic carbocycles. The van der Waals surface area contributed by atoms with Crippen molar-refractivity contribution in [1.82, 2.24) is 25.0 Å². The molecule has 1 aliphatic heterocycles. The zero-order valence-corrected chi connectivity index (χ0v) is 15.7. The van der Waals surface area contributed by atoms with Gasteiger partial charge in [-0.3, -0.25) is 14.3 Å². The van der Waals surface area contributed by atoms with E-state index in [0.29, 0.717) is 18.3 Å². The van der Waals surface area contributed by atoms with E-state index in [1.54, 1.807) is 36.9 Å². The minimum Gasteiger partial charge on any atom is -0.324 e. The number of thioether (sulfide) groups is 1. The molecule has 0 spiro atoms. The molecule has 3 heterocycles. The van der Waals surface area contributed by atoms with Crippen LogP contribution in [0.15, 0.2) is 22.7 Å². The number of amides is 3. The topological polar surface area (TPSA) is 80.1 Å². The molecule has 4 rings (SSSR count). The predicted molar refractivity (Wildman–Crippen MR) is 96.7 cm³/mol. The Balaban J connectivity index is 1.46. The summed E-state index contributed by atoms with van der Waals surface area (Å²) in [7, 11) is 0. The molecule has 9 heteroatoms. The Morgan fingerprint density at radius 3 is 2.76 bits per heavy atom. The molecule has 2 aliphatic rings. The molecule has 3 amide bonds. The van der Waals surface area contributed by atoms with E-state index < -0.39 is 5.54 Å². The molecule has 1 N–H and O–H groups in total. The van der Waals surface area contributed by atoms with E-state index >= 15 is 0 Å². The highest BCUT2D eigenvalue weighted by atomic mass is 32.2. The van der Waals surface area contributed by atoms with Crippen molar-refractivity contribution in [3.05, 3.63) is 17.5 Å². The highest BCUT2D eigenvalue weighted by Gasteiger charge is 2.43. The summed E-state index contributed by atoms with van der Waals surface area (Å²) in [5.74, 6) is 1.34. The van der Waals surface area contributed by atoms with Crippen LogP contribution in [0.3, 0.4) is 0 Å². The van der Waals surface area contributed by atoms with Crippen molar-refractivity contribution < 1.29 is 9.59 Å². The van der Waals surface area contributed by atoms with Gasteiger partial charge in [-0.15, -0.1) is 21.5 Å². The van der Waals surface area contributed by atoms with Gasteiger partial charge in [-0.25, -0.2) is 4.79 Å². The van der Waals surface area contributed by atoms with Crippen LogP contribution in [-0.4, -0.2) is 49.4 Å². The molecule has 2 fully saturated rings. The van der Waals surface area contributed by atoms with Gasteiger partial charge in [-0.1, -0.05) is 17.8 Å². The largest absolute Gasteiger partial charge is 0.325 e. The summed E-state index contributed by atoms with van der Waals surface area (Å²) in [6, 6.07) is 4.21. The van der Waals surface area contributed by atoms with E-state index in [4.69, 9.17) is 0 Å². The van der Waals surface area contributed by atoms with Gasteiger partial charge in [0.15, 0.2) is 11.0 Å². The van der Waals surface area contributed by atoms with Crippen molar-refractivity contribution >= 4 is 35.0 Å². The number of aromatic nitrogens is 3. The van der Waals surface area contributed by atoms with Crippen LogP contribution in [0.25, 0.3) is 10.7 Å². The minimum absolute atomic E-state index is 0.180. The van der Waals surface area contributed by atoms with Crippen molar-refractivity contribution in [3.63, 3.8) is 0 Å². The van der Waals surface area contributed by atoms with E-state index in [1.165, 1.54) is 4.90 Å². The molecule has 0 radical (unpaired) electrons. The van der Waals surface area contributed by atoms with Gasteiger partial charge in [0.1, 0.15) is 5.54 Å². The molecule has 2 aromatic rings. The van der Waals surface area contributed by atoms with Gasteiger partial charge in [0.2, 0.25) is 0 Å². The predicted octanol–water partition coefficient (Wildman–Crippen LogP) is 2.76. The second-order valence-electron chi connectivity index (χ2n) is 6.75. The SMILES string of the molecule is CC1(C)NC(=O)N(CCSc2nnc(-c3cccs3)n2C2CC2)C1=O. The number of nitrogens with zero attached hydrogens (tertiary/aromatic N) is 4. The third kappa shape index (κ3) is 3.06. The van der Waals surface area contributed by atoms with E-state index in [-0.39, 0.29) is 11.9 Å². The fraction of sp³-hybridized carbons (Fsp3) is 0.500. The zero-order chi connectivity index (χ0) is 17.6. The second-order valence-corrected chi connectivity index (χ2v) is 8.75. The first-order valence-electron chi connectivity index (χ1n) is 8.23. The van der Waals surface area contributed by atoms with Crippen molar-refractivity contribution in [3.8, 4) is 10.7 Å². The Hall–Kier alpha value is -1.87. The van der Waals surface area contributed by atoms with E-state index in [9.17, 15) is 9.59 Å². The lowest BCUT2D eigenvalue weighted by Gasteiger charge is -2.15. The molecule has 7 nitrogen and oxygen atoms in total. The maximum absolute atomic E-state index is 12.2. The normalized spacial score (nSPS) is 19.5. The van der Waals surface area contributed by atoms with Crippen LogP contribution >= 0.6 is 23.1 Å². The molecule has 0 unspecified atom stereocenters. The summed E-state index contributed by atoms with van der Waals surface area (Å²) >= 11 is 3.20. The maximum Gasteiger partial charge on any atom is 0.325 e. The van der Waals surface area contributed by atoms with Crippen molar-refractivity contribution in [2.75, 3.05) is 12.3 Å². The molecule has 25 heavy (non-hydrogen) atoms. The first-order chi connectivity index (χ1) is 12.0. The highest BCUT2D eigenvalue weighted by Crippen LogP contribution is 2.41. The van der Waals surface area contributed by atoms with Crippen molar-refractivity contribution in [2.45, 2.75) is 43.4 Å². The lowest BCUT2D eigenvalue weighted by atomic mass is 10.1. The average molecular weight is 377 g/mol. The number of urea groups is 1. The van der Waals surface area contributed by atoms with E-state index in [2.05, 4.69) is 26.1 Å². The highest BCUT2D eigenvalue weighted by molar-refractivity contribution is 7.99. The van der Waals surface area contributed by atoms with Gasteiger partial charge in [0, 0.05) is 18.3 Å². The van der Waals surface area contributed by atoms with Crippen LogP contribution in [0.5, 0.6) is 0 Å². The second kappa shape index (κ2) is 6.14. The van der Waals surface area contributed by atoms with Crippen LogP contribution in [0, 0.1) is 0 Å². The number of nitrogens with one attached hydrogen (secondary N) is 1. The Morgan fingerprint density at radius 2 is 2.16 bits per heavy atom. The fourth-order valence-corrected chi connectivity index (χ4v) is 4.50.